The number of rotatable bonds is 7. The third-order valence-corrected chi connectivity index (χ3v) is 5.92. The number of fused-ring (bicyclic) bond motifs is 1. The fourth-order valence-corrected chi connectivity index (χ4v) is 4.26. The molecule has 0 aliphatic carbocycles. The number of methoxy groups -OCH3 is 2. The number of aromatic nitrogens is 2. The number of carbonyl (C=O) groups excluding carboxylic acids is 1. The van der Waals surface area contributed by atoms with Crippen LogP contribution in [0.3, 0.4) is 0 Å². The highest BCUT2D eigenvalue weighted by Gasteiger charge is 2.17. The minimum absolute atomic E-state index is 0.0481. The molecule has 1 amide bonds. The monoisotopic (exact) mass is 389 g/mol. The largest absolute Gasteiger partial charge is 0.493 e. The Balaban J connectivity index is 1.62. The van der Waals surface area contributed by atoms with E-state index in [1.807, 2.05) is 36.6 Å². The van der Waals surface area contributed by atoms with Gasteiger partial charge < -0.3 is 14.8 Å². The first-order valence-electron chi connectivity index (χ1n) is 7.96. The number of benzene rings is 1. The van der Waals surface area contributed by atoms with Gasteiger partial charge in [0.1, 0.15) is 11.4 Å². The van der Waals surface area contributed by atoms with Gasteiger partial charge in [-0.3, -0.25) is 4.79 Å². The molecular weight excluding hydrogens is 370 g/mol. The Morgan fingerprint density at radius 1 is 1.23 bits per heavy atom. The molecule has 0 fully saturated rings. The average Bonchev–Trinajstić information content (AvgIpc) is 3.15. The predicted molar refractivity (Wildman–Crippen MR) is 104 cm³/mol. The summed E-state index contributed by atoms with van der Waals surface area (Å²) in [6.45, 7) is 2.29. The maximum atomic E-state index is 12.4. The van der Waals surface area contributed by atoms with Crippen molar-refractivity contribution in [3.63, 3.8) is 0 Å². The second-order valence-electron chi connectivity index (χ2n) is 5.48. The zero-order valence-corrected chi connectivity index (χ0v) is 16.3. The van der Waals surface area contributed by atoms with Crippen molar-refractivity contribution in [2.24, 2.45) is 0 Å². The lowest BCUT2D eigenvalue weighted by Gasteiger charge is -2.13. The molecule has 3 rings (SSSR count). The van der Waals surface area contributed by atoms with Gasteiger partial charge in [-0.15, -0.1) is 11.3 Å². The Bertz CT molecular complexity index is 914. The quantitative estimate of drug-likeness (QED) is 0.492. The molecule has 0 saturated heterocycles. The molecule has 2 heterocycles. The first-order valence-corrected chi connectivity index (χ1v) is 9.71. The molecule has 0 bridgehead atoms. The fourth-order valence-electron chi connectivity index (χ4n) is 2.39. The van der Waals surface area contributed by atoms with Gasteiger partial charge in [0.2, 0.25) is 5.91 Å². The summed E-state index contributed by atoms with van der Waals surface area (Å²) in [6.07, 6.45) is 1.53. The summed E-state index contributed by atoms with van der Waals surface area (Å²) in [6, 6.07) is 7.54. The maximum absolute atomic E-state index is 12.4. The van der Waals surface area contributed by atoms with Gasteiger partial charge >= 0.3 is 0 Å². The van der Waals surface area contributed by atoms with Crippen LogP contribution >= 0.6 is 23.1 Å². The number of carbonyl (C=O) groups is 1. The van der Waals surface area contributed by atoms with Crippen molar-refractivity contribution in [2.45, 2.75) is 23.7 Å². The highest BCUT2D eigenvalue weighted by molar-refractivity contribution is 8.00. The number of nitrogens with zero attached hydrogens (tertiary/aromatic N) is 2. The number of hydrogen-bond donors (Lipinski definition) is 1. The van der Waals surface area contributed by atoms with Gasteiger partial charge in [-0.25, -0.2) is 9.97 Å². The lowest BCUT2D eigenvalue weighted by Crippen LogP contribution is -2.30. The molecule has 1 unspecified atom stereocenters. The van der Waals surface area contributed by atoms with Crippen LogP contribution in [0.5, 0.6) is 11.5 Å². The van der Waals surface area contributed by atoms with E-state index < -0.39 is 0 Å². The highest BCUT2D eigenvalue weighted by atomic mass is 32.2. The molecule has 8 heteroatoms. The zero-order chi connectivity index (χ0) is 18.5. The van der Waals surface area contributed by atoms with Crippen molar-refractivity contribution in [1.29, 1.82) is 0 Å². The molecule has 1 atom stereocenters. The molecule has 1 N–H and O–H groups in total. The number of ether oxygens (including phenoxy) is 2. The number of thioether (sulfide) groups is 1. The van der Waals surface area contributed by atoms with E-state index in [0.717, 1.165) is 20.8 Å². The van der Waals surface area contributed by atoms with Gasteiger partial charge in [0.05, 0.1) is 29.7 Å². The van der Waals surface area contributed by atoms with Crippen LogP contribution in [-0.4, -0.2) is 35.3 Å². The van der Waals surface area contributed by atoms with E-state index >= 15 is 0 Å². The number of nitrogens with one attached hydrogen (secondary N) is 1. The van der Waals surface area contributed by atoms with Crippen LogP contribution in [0.25, 0.3) is 10.2 Å². The molecule has 3 aromatic rings. The number of hydrogen-bond acceptors (Lipinski definition) is 7. The third kappa shape index (κ3) is 4.08. The van der Waals surface area contributed by atoms with Crippen molar-refractivity contribution in [1.82, 2.24) is 15.3 Å². The summed E-state index contributed by atoms with van der Waals surface area (Å²) in [5.74, 6) is 1.26. The predicted octanol–water partition coefficient (Wildman–Crippen LogP) is 3.51. The van der Waals surface area contributed by atoms with E-state index in [1.165, 1.54) is 18.1 Å². The summed E-state index contributed by atoms with van der Waals surface area (Å²) in [4.78, 5) is 21.0. The summed E-state index contributed by atoms with van der Waals surface area (Å²) >= 11 is 3.02. The molecule has 0 radical (unpaired) electrons. The Morgan fingerprint density at radius 2 is 2.04 bits per heavy atom. The van der Waals surface area contributed by atoms with Crippen molar-refractivity contribution in [2.75, 3.05) is 14.2 Å². The Hall–Kier alpha value is -2.32. The Labute approximate surface area is 160 Å². The SMILES string of the molecule is COc1ccc(CNC(=O)C(C)Sc2ncnc3ccsc23)cc1OC. The smallest absolute Gasteiger partial charge is 0.233 e. The van der Waals surface area contributed by atoms with Gasteiger partial charge in [-0.2, -0.15) is 0 Å². The van der Waals surface area contributed by atoms with Crippen LogP contribution in [0.2, 0.25) is 0 Å². The van der Waals surface area contributed by atoms with Crippen molar-refractivity contribution in [3.05, 3.63) is 41.5 Å². The van der Waals surface area contributed by atoms with Crippen LogP contribution in [0, 0.1) is 0 Å². The van der Waals surface area contributed by atoms with E-state index in [9.17, 15) is 4.79 Å². The van der Waals surface area contributed by atoms with Crippen LogP contribution in [0.15, 0.2) is 41.0 Å². The first-order chi connectivity index (χ1) is 12.6. The molecule has 136 valence electrons. The summed E-state index contributed by atoms with van der Waals surface area (Å²) in [5.41, 5.74) is 1.85. The lowest BCUT2D eigenvalue weighted by atomic mass is 10.2. The molecule has 26 heavy (non-hydrogen) atoms. The van der Waals surface area contributed by atoms with Gasteiger partial charge in [0.25, 0.3) is 0 Å². The molecule has 0 spiro atoms. The van der Waals surface area contributed by atoms with Crippen LogP contribution < -0.4 is 14.8 Å². The van der Waals surface area contributed by atoms with E-state index in [1.54, 1.807) is 25.6 Å². The topological polar surface area (TPSA) is 73.3 Å². The molecular formula is C18H19N3O3S2. The van der Waals surface area contributed by atoms with Gasteiger partial charge in [-0.05, 0) is 36.1 Å². The van der Waals surface area contributed by atoms with Gasteiger partial charge in [0, 0.05) is 6.54 Å². The van der Waals surface area contributed by atoms with E-state index in [2.05, 4.69) is 15.3 Å². The molecule has 0 aliphatic rings. The second-order valence-corrected chi connectivity index (χ2v) is 7.73. The van der Waals surface area contributed by atoms with Crippen LogP contribution in [0.1, 0.15) is 12.5 Å². The highest BCUT2D eigenvalue weighted by Crippen LogP contribution is 2.31. The van der Waals surface area contributed by atoms with Crippen LogP contribution in [0.4, 0.5) is 0 Å². The zero-order valence-electron chi connectivity index (χ0n) is 14.7. The fraction of sp³-hybridized carbons (Fsp3) is 0.278. The summed E-state index contributed by atoms with van der Waals surface area (Å²) in [7, 11) is 3.18. The molecule has 2 aromatic heterocycles. The van der Waals surface area contributed by atoms with E-state index in [0.29, 0.717) is 18.0 Å². The Morgan fingerprint density at radius 3 is 2.81 bits per heavy atom. The molecule has 0 aliphatic heterocycles. The van der Waals surface area contributed by atoms with Crippen molar-refractivity contribution < 1.29 is 14.3 Å². The van der Waals surface area contributed by atoms with E-state index in [-0.39, 0.29) is 11.2 Å². The standard InChI is InChI=1S/C18H19N3O3S2/c1-11(26-18-16-13(6-7-25-16)20-10-21-18)17(22)19-9-12-4-5-14(23-2)15(8-12)24-3/h4-8,10-11H,9H2,1-3H3,(H,19,22). The van der Waals surface area contributed by atoms with Crippen molar-refractivity contribution >= 4 is 39.2 Å². The molecule has 6 nitrogen and oxygen atoms in total. The lowest BCUT2D eigenvalue weighted by molar-refractivity contribution is -0.120. The van der Waals surface area contributed by atoms with Gasteiger partial charge in [-0.1, -0.05) is 17.8 Å². The Kier molecular flexibility index (Phi) is 5.95. The van der Waals surface area contributed by atoms with Gasteiger partial charge in [0.15, 0.2) is 11.5 Å². The van der Waals surface area contributed by atoms with Crippen molar-refractivity contribution in [3.8, 4) is 11.5 Å². The normalized spacial score (nSPS) is 12.0. The molecule has 1 aromatic carbocycles. The maximum Gasteiger partial charge on any atom is 0.233 e. The third-order valence-electron chi connectivity index (χ3n) is 3.78. The number of thiophene rings is 1. The molecule has 0 saturated carbocycles. The summed E-state index contributed by atoms with van der Waals surface area (Å²) in [5, 5.41) is 5.49. The first kappa shape index (κ1) is 18.5. The van der Waals surface area contributed by atoms with Crippen LogP contribution in [-0.2, 0) is 11.3 Å². The average molecular weight is 390 g/mol. The minimum atomic E-state index is -0.268. The minimum Gasteiger partial charge on any atom is -0.493 e. The number of amides is 1. The van der Waals surface area contributed by atoms with E-state index in [4.69, 9.17) is 9.47 Å². The summed E-state index contributed by atoms with van der Waals surface area (Å²) < 4.78 is 11.5. The second kappa shape index (κ2) is 8.37.